The summed E-state index contributed by atoms with van der Waals surface area (Å²) in [6.45, 7) is 0.599. The molecule has 0 spiro atoms. The highest BCUT2D eigenvalue weighted by atomic mass is 16.7. The third-order valence-corrected chi connectivity index (χ3v) is 1.47. The number of hydrogen-bond acceptors (Lipinski definition) is 5. The first-order valence-electron chi connectivity index (χ1n) is 4.55. The lowest BCUT2D eigenvalue weighted by Gasteiger charge is -1.97. The smallest absolute Gasteiger partial charge is 0.153 e. The third kappa shape index (κ3) is 6.94. The monoisotopic (exact) mass is 228 g/mol. The van der Waals surface area contributed by atoms with Crippen LogP contribution in [0.25, 0.3) is 0 Å². The van der Waals surface area contributed by atoms with Gasteiger partial charge in [0.2, 0.25) is 0 Å². The number of para-hydroxylation sites is 1. The van der Waals surface area contributed by atoms with E-state index in [2.05, 4.69) is 14.2 Å². The van der Waals surface area contributed by atoms with Gasteiger partial charge in [-0.25, -0.2) is 0 Å². The maximum atomic E-state index is 10.1. The summed E-state index contributed by atoms with van der Waals surface area (Å²) in [6.07, 6.45) is 0.620. The van der Waals surface area contributed by atoms with Crippen LogP contribution in [0.2, 0.25) is 0 Å². The Morgan fingerprint density at radius 1 is 1.19 bits per heavy atom. The van der Waals surface area contributed by atoms with Crippen molar-refractivity contribution in [2.45, 2.75) is 0 Å². The molecule has 0 saturated carbocycles. The Morgan fingerprint density at radius 3 is 2.12 bits per heavy atom. The predicted molar refractivity (Wildman–Crippen MR) is 58.3 cm³/mol. The normalized spacial score (nSPS) is 9.12. The van der Waals surface area contributed by atoms with Crippen LogP contribution in [0.5, 0.6) is 5.75 Å². The average Bonchev–Trinajstić information content (AvgIpc) is 2.31. The largest absolute Gasteiger partial charge is 0.507 e. The number of ether oxygens (including phenoxy) is 3. The average molecular weight is 228 g/mol. The summed E-state index contributed by atoms with van der Waals surface area (Å²) in [7, 11) is 3.13. The highest BCUT2D eigenvalue weighted by Gasteiger charge is 1.93. The first-order chi connectivity index (χ1) is 7.76. The minimum atomic E-state index is 0.0347. The lowest BCUT2D eigenvalue weighted by molar-refractivity contribution is -0.107. The molecule has 0 amide bonds. The van der Waals surface area contributed by atoms with E-state index in [0.717, 1.165) is 0 Å². The van der Waals surface area contributed by atoms with Gasteiger partial charge in [-0.2, -0.15) is 0 Å². The standard InChI is InChI=1S/C7H6O2.C4H10O3/c8-5-6-3-1-2-4-7(6)9;1-5-3-7-4-6-2/h1-5,9H;3-4H2,1-2H3. The zero-order chi connectivity index (χ0) is 12.2. The Labute approximate surface area is 94.6 Å². The van der Waals surface area contributed by atoms with Gasteiger partial charge in [-0.05, 0) is 12.1 Å². The molecule has 5 heteroatoms. The van der Waals surface area contributed by atoms with Gasteiger partial charge in [0.05, 0.1) is 5.56 Å². The molecule has 0 aromatic heterocycles. The number of benzene rings is 1. The van der Waals surface area contributed by atoms with Gasteiger partial charge in [0, 0.05) is 14.2 Å². The lowest BCUT2D eigenvalue weighted by atomic mass is 10.2. The SMILES string of the molecule is COCOCOC.O=Cc1ccccc1O. The van der Waals surface area contributed by atoms with Gasteiger partial charge in [0.1, 0.15) is 19.3 Å². The Morgan fingerprint density at radius 2 is 1.75 bits per heavy atom. The first-order valence-corrected chi connectivity index (χ1v) is 4.55. The summed E-state index contributed by atoms with van der Waals surface area (Å²) in [4.78, 5) is 10.1. The Balaban J connectivity index is 0.000000293. The number of carbonyl (C=O) groups is 1. The second kappa shape index (κ2) is 10.1. The number of hydrogen-bond donors (Lipinski definition) is 1. The fourth-order valence-electron chi connectivity index (χ4n) is 0.788. The molecule has 0 atom stereocenters. The van der Waals surface area contributed by atoms with Crippen LogP contribution in [-0.4, -0.2) is 39.2 Å². The van der Waals surface area contributed by atoms with Crippen molar-refractivity contribution in [2.24, 2.45) is 0 Å². The van der Waals surface area contributed by atoms with E-state index in [9.17, 15) is 4.79 Å². The predicted octanol–water partition coefficient (Wildman–Crippen LogP) is 1.42. The molecule has 0 aliphatic carbocycles. The minimum Gasteiger partial charge on any atom is -0.507 e. The topological polar surface area (TPSA) is 65.0 Å². The number of phenolic OH excluding ortho intramolecular Hbond substituents is 1. The molecule has 16 heavy (non-hydrogen) atoms. The van der Waals surface area contributed by atoms with E-state index in [4.69, 9.17) is 5.11 Å². The Hall–Kier alpha value is -1.43. The Bertz CT molecular complexity index is 283. The molecule has 0 aliphatic rings. The van der Waals surface area contributed by atoms with Crippen LogP contribution in [0.1, 0.15) is 10.4 Å². The number of carbonyl (C=O) groups excluding carboxylic acids is 1. The van der Waals surface area contributed by atoms with Crippen molar-refractivity contribution in [1.29, 1.82) is 0 Å². The highest BCUT2D eigenvalue weighted by Crippen LogP contribution is 2.11. The second-order valence-electron chi connectivity index (χ2n) is 2.69. The van der Waals surface area contributed by atoms with E-state index in [0.29, 0.717) is 25.4 Å². The van der Waals surface area contributed by atoms with Crippen LogP contribution in [0.3, 0.4) is 0 Å². The van der Waals surface area contributed by atoms with Crippen molar-refractivity contribution in [2.75, 3.05) is 27.8 Å². The summed E-state index contributed by atoms with van der Waals surface area (Å²) >= 11 is 0. The van der Waals surface area contributed by atoms with E-state index >= 15 is 0 Å². The maximum Gasteiger partial charge on any atom is 0.153 e. The zero-order valence-electron chi connectivity index (χ0n) is 9.38. The molecule has 0 saturated heterocycles. The van der Waals surface area contributed by atoms with E-state index < -0.39 is 0 Å². The van der Waals surface area contributed by atoms with E-state index in [1.165, 1.54) is 6.07 Å². The molecule has 0 heterocycles. The molecule has 90 valence electrons. The van der Waals surface area contributed by atoms with E-state index in [1.807, 2.05) is 0 Å². The molecule has 1 aromatic rings. The fraction of sp³-hybridized carbons (Fsp3) is 0.364. The van der Waals surface area contributed by atoms with Gasteiger partial charge in [-0.15, -0.1) is 0 Å². The molecule has 5 nitrogen and oxygen atoms in total. The molecular weight excluding hydrogens is 212 g/mol. The van der Waals surface area contributed by atoms with Crippen molar-refractivity contribution in [3.05, 3.63) is 29.8 Å². The van der Waals surface area contributed by atoms with Gasteiger partial charge in [0.15, 0.2) is 6.29 Å². The van der Waals surface area contributed by atoms with E-state index in [1.54, 1.807) is 32.4 Å². The van der Waals surface area contributed by atoms with Crippen molar-refractivity contribution in [3.8, 4) is 5.75 Å². The van der Waals surface area contributed by atoms with Crippen molar-refractivity contribution < 1.29 is 24.1 Å². The molecule has 1 rings (SSSR count). The van der Waals surface area contributed by atoms with Crippen LogP contribution >= 0.6 is 0 Å². The van der Waals surface area contributed by atoms with Crippen molar-refractivity contribution in [3.63, 3.8) is 0 Å². The second-order valence-corrected chi connectivity index (χ2v) is 2.69. The molecule has 0 aliphatic heterocycles. The van der Waals surface area contributed by atoms with Gasteiger partial charge in [-0.3, -0.25) is 4.79 Å². The number of methoxy groups -OCH3 is 2. The van der Waals surface area contributed by atoms with E-state index in [-0.39, 0.29) is 5.75 Å². The molecule has 1 N–H and O–H groups in total. The van der Waals surface area contributed by atoms with Gasteiger partial charge >= 0.3 is 0 Å². The molecule has 1 aromatic carbocycles. The van der Waals surface area contributed by atoms with Crippen molar-refractivity contribution >= 4 is 6.29 Å². The number of rotatable bonds is 5. The van der Waals surface area contributed by atoms with Crippen LogP contribution in [-0.2, 0) is 14.2 Å². The van der Waals surface area contributed by atoms with Crippen LogP contribution in [0, 0.1) is 0 Å². The van der Waals surface area contributed by atoms with Gasteiger partial charge < -0.3 is 19.3 Å². The number of phenols is 1. The molecule has 0 unspecified atom stereocenters. The summed E-state index contributed by atoms with van der Waals surface area (Å²) in [5, 5.41) is 8.88. The van der Waals surface area contributed by atoms with Crippen LogP contribution in [0.4, 0.5) is 0 Å². The zero-order valence-corrected chi connectivity index (χ0v) is 9.38. The summed E-state index contributed by atoms with van der Waals surface area (Å²) in [5.41, 5.74) is 0.331. The molecular formula is C11H16O5. The summed E-state index contributed by atoms with van der Waals surface area (Å²) < 4.78 is 13.8. The van der Waals surface area contributed by atoms with Crippen LogP contribution < -0.4 is 0 Å². The maximum absolute atomic E-state index is 10.1. The minimum absolute atomic E-state index is 0.0347. The first kappa shape index (κ1) is 14.6. The van der Waals surface area contributed by atoms with Gasteiger partial charge in [0.25, 0.3) is 0 Å². The van der Waals surface area contributed by atoms with Crippen LogP contribution in [0.15, 0.2) is 24.3 Å². The highest BCUT2D eigenvalue weighted by molar-refractivity contribution is 5.78. The summed E-state index contributed by atoms with van der Waals surface area (Å²) in [5.74, 6) is 0.0347. The fourth-order valence-corrected chi connectivity index (χ4v) is 0.788. The number of aldehydes is 1. The summed E-state index contributed by atoms with van der Waals surface area (Å²) in [6, 6.07) is 6.40. The lowest BCUT2D eigenvalue weighted by Crippen LogP contribution is -1.98. The van der Waals surface area contributed by atoms with Gasteiger partial charge in [-0.1, -0.05) is 12.1 Å². The third-order valence-electron chi connectivity index (χ3n) is 1.47. The Kier molecular flexibility index (Phi) is 9.20. The molecule has 0 bridgehead atoms. The molecule has 0 radical (unpaired) electrons. The molecule has 0 fully saturated rings. The quantitative estimate of drug-likeness (QED) is 0.469. The van der Waals surface area contributed by atoms with Crippen molar-refractivity contribution in [1.82, 2.24) is 0 Å². The number of aromatic hydroxyl groups is 1.